The van der Waals surface area contributed by atoms with E-state index in [1.54, 1.807) is 32.1 Å². The number of allylic oxidation sites excluding steroid dienone is 2. The van der Waals surface area contributed by atoms with Gasteiger partial charge in [-0.1, -0.05) is 11.6 Å². The number of hydrogen-bond donors (Lipinski definition) is 2. The Labute approximate surface area is 66.9 Å². The maximum Gasteiger partial charge on any atom is 0.112 e. The second kappa shape index (κ2) is 2.19. The summed E-state index contributed by atoms with van der Waals surface area (Å²) in [5, 5.41) is 19.3. The van der Waals surface area contributed by atoms with Crippen molar-refractivity contribution in [1.82, 2.24) is 0 Å². The largest absolute Gasteiger partial charge is 0.383 e. The first-order valence-corrected chi connectivity index (χ1v) is 3.69. The van der Waals surface area contributed by atoms with Crippen LogP contribution in [0.3, 0.4) is 0 Å². The topological polar surface area (TPSA) is 40.5 Å². The molecule has 1 aliphatic rings. The summed E-state index contributed by atoms with van der Waals surface area (Å²) in [5.41, 5.74) is -1.32. The van der Waals surface area contributed by atoms with Crippen molar-refractivity contribution in [2.24, 2.45) is 0 Å². The Morgan fingerprint density at radius 3 is 2.09 bits per heavy atom. The molecule has 0 radical (unpaired) electrons. The van der Waals surface area contributed by atoms with Gasteiger partial charge in [-0.3, -0.25) is 0 Å². The lowest BCUT2D eigenvalue weighted by Crippen LogP contribution is -2.48. The zero-order valence-corrected chi connectivity index (χ0v) is 7.13. The predicted molar refractivity (Wildman–Crippen MR) is 44.1 cm³/mol. The van der Waals surface area contributed by atoms with Gasteiger partial charge in [0.25, 0.3) is 0 Å². The normalized spacial score (nSPS) is 43.9. The van der Waals surface area contributed by atoms with E-state index in [1.165, 1.54) is 0 Å². The highest BCUT2D eigenvalue weighted by molar-refractivity contribution is 5.32. The lowest BCUT2D eigenvalue weighted by molar-refractivity contribution is -0.0703. The molecule has 0 aliphatic heterocycles. The summed E-state index contributed by atoms with van der Waals surface area (Å²) in [6.45, 7) is 5.08. The molecule has 2 heteroatoms. The van der Waals surface area contributed by atoms with Crippen molar-refractivity contribution >= 4 is 0 Å². The van der Waals surface area contributed by atoms with Crippen molar-refractivity contribution in [3.8, 4) is 0 Å². The lowest BCUT2D eigenvalue weighted by Gasteiger charge is -2.36. The summed E-state index contributed by atoms with van der Waals surface area (Å²) in [7, 11) is 0. The second-order valence-electron chi connectivity index (χ2n) is 3.52. The Morgan fingerprint density at radius 2 is 1.73 bits per heavy atom. The summed E-state index contributed by atoms with van der Waals surface area (Å²) in [6, 6.07) is 0. The van der Waals surface area contributed by atoms with Crippen LogP contribution in [0.25, 0.3) is 0 Å². The molecule has 0 bridgehead atoms. The molecule has 0 amide bonds. The van der Waals surface area contributed by atoms with Gasteiger partial charge in [0.05, 0.1) is 0 Å². The van der Waals surface area contributed by atoms with Crippen LogP contribution in [-0.4, -0.2) is 21.4 Å². The molecule has 62 valence electrons. The van der Waals surface area contributed by atoms with Crippen LogP contribution in [0.1, 0.15) is 20.8 Å². The van der Waals surface area contributed by atoms with Crippen molar-refractivity contribution in [3.05, 3.63) is 23.8 Å². The molecule has 2 nitrogen and oxygen atoms in total. The summed E-state index contributed by atoms with van der Waals surface area (Å²) in [5.74, 6) is 0. The first-order chi connectivity index (χ1) is 4.85. The van der Waals surface area contributed by atoms with Gasteiger partial charge in [0, 0.05) is 0 Å². The Morgan fingerprint density at radius 1 is 1.18 bits per heavy atom. The van der Waals surface area contributed by atoms with Crippen LogP contribution in [0.2, 0.25) is 0 Å². The van der Waals surface area contributed by atoms with Crippen LogP contribution in [0.15, 0.2) is 23.8 Å². The minimum absolute atomic E-state index is 0.974. The number of rotatable bonds is 0. The van der Waals surface area contributed by atoms with Gasteiger partial charge in [-0.05, 0) is 32.9 Å². The SMILES string of the molecule is CC1=CC(C)(O)C(C)(O)C=C1. The summed E-state index contributed by atoms with van der Waals surface area (Å²) < 4.78 is 0. The minimum Gasteiger partial charge on any atom is -0.383 e. The predicted octanol–water partition coefficient (Wildman–Crippen LogP) is 1.00. The molecule has 2 atom stereocenters. The quantitative estimate of drug-likeness (QED) is 0.546. The van der Waals surface area contributed by atoms with Gasteiger partial charge in [-0.25, -0.2) is 0 Å². The van der Waals surface area contributed by atoms with E-state index < -0.39 is 11.2 Å². The van der Waals surface area contributed by atoms with Gasteiger partial charge in [0.2, 0.25) is 0 Å². The van der Waals surface area contributed by atoms with E-state index in [-0.39, 0.29) is 0 Å². The highest BCUT2D eigenvalue weighted by Crippen LogP contribution is 2.29. The lowest BCUT2D eigenvalue weighted by atomic mass is 9.81. The van der Waals surface area contributed by atoms with Crippen LogP contribution >= 0.6 is 0 Å². The fourth-order valence-electron chi connectivity index (χ4n) is 1.10. The Balaban J connectivity index is 3.04. The van der Waals surface area contributed by atoms with E-state index in [1.807, 2.05) is 6.92 Å². The molecule has 2 unspecified atom stereocenters. The summed E-state index contributed by atoms with van der Waals surface area (Å²) >= 11 is 0. The van der Waals surface area contributed by atoms with Gasteiger partial charge < -0.3 is 10.2 Å². The zero-order chi connectivity index (χ0) is 8.70. The molecule has 11 heavy (non-hydrogen) atoms. The standard InChI is InChI=1S/C9H14O2/c1-7-4-5-8(2,10)9(3,11)6-7/h4-6,10-11H,1-3H3. The maximum atomic E-state index is 9.70. The second-order valence-corrected chi connectivity index (χ2v) is 3.52. The monoisotopic (exact) mass is 154 g/mol. The molecule has 1 aliphatic carbocycles. The van der Waals surface area contributed by atoms with Crippen molar-refractivity contribution in [1.29, 1.82) is 0 Å². The van der Waals surface area contributed by atoms with Gasteiger partial charge in [-0.15, -0.1) is 0 Å². The maximum absolute atomic E-state index is 9.70. The molecule has 0 aromatic carbocycles. The van der Waals surface area contributed by atoms with Gasteiger partial charge in [-0.2, -0.15) is 0 Å². The Bertz CT molecular complexity index is 222. The van der Waals surface area contributed by atoms with Crippen molar-refractivity contribution in [2.45, 2.75) is 32.0 Å². The highest BCUT2D eigenvalue weighted by atomic mass is 16.4. The van der Waals surface area contributed by atoms with Crippen LogP contribution in [0.5, 0.6) is 0 Å². The highest BCUT2D eigenvalue weighted by Gasteiger charge is 2.39. The van der Waals surface area contributed by atoms with Crippen LogP contribution in [-0.2, 0) is 0 Å². The summed E-state index contributed by atoms with van der Waals surface area (Å²) in [4.78, 5) is 0. The summed E-state index contributed by atoms with van der Waals surface area (Å²) in [6.07, 6.45) is 5.08. The molecule has 0 saturated heterocycles. The number of aliphatic hydroxyl groups is 2. The third-order valence-electron chi connectivity index (χ3n) is 2.20. The Hall–Kier alpha value is -0.600. The third kappa shape index (κ3) is 1.37. The van der Waals surface area contributed by atoms with E-state index in [0.717, 1.165) is 5.57 Å². The molecule has 0 aromatic rings. The van der Waals surface area contributed by atoms with Crippen molar-refractivity contribution < 1.29 is 10.2 Å². The van der Waals surface area contributed by atoms with Crippen LogP contribution in [0.4, 0.5) is 0 Å². The molecule has 0 spiro atoms. The van der Waals surface area contributed by atoms with E-state index in [2.05, 4.69) is 0 Å². The first-order valence-electron chi connectivity index (χ1n) is 3.69. The molecular formula is C9H14O2. The smallest absolute Gasteiger partial charge is 0.112 e. The van der Waals surface area contributed by atoms with Crippen molar-refractivity contribution in [3.63, 3.8) is 0 Å². The van der Waals surface area contributed by atoms with Crippen molar-refractivity contribution in [2.75, 3.05) is 0 Å². The third-order valence-corrected chi connectivity index (χ3v) is 2.20. The first kappa shape index (κ1) is 8.50. The average molecular weight is 154 g/mol. The van der Waals surface area contributed by atoms with E-state index in [9.17, 15) is 10.2 Å². The molecule has 2 N–H and O–H groups in total. The fraction of sp³-hybridized carbons (Fsp3) is 0.556. The fourth-order valence-corrected chi connectivity index (χ4v) is 1.10. The average Bonchev–Trinajstić information content (AvgIpc) is 1.80. The van der Waals surface area contributed by atoms with Crippen LogP contribution in [0, 0.1) is 0 Å². The zero-order valence-electron chi connectivity index (χ0n) is 7.13. The van der Waals surface area contributed by atoms with E-state index in [4.69, 9.17) is 0 Å². The van der Waals surface area contributed by atoms with Gasteiger partial charge in [0.15, 0.2) is 0 Å². The van der Waals surface area contributed by atoms with E-state index in [0.29, 0.717) is 0 Å². The Kier molecular flexibility index (Phi) is 1.69. The van der Waals surface area contributed by atoms with E-state index >= 15 is 0 Å². The van der Waals surface area contributed by atoms with Crippen LogP contribution < -0.4 is 0 Å². The van der Waals surface area contributed by atoms with Gasteiger partial charge >= 0.3 is 0 Å². The minimum atomic E-state index is -1.15. The molecule has 0 heterocycles. The van der Waals surface area contributed by atoms with Gasteiger partial charge in [0.1, 0.15) is 11.2 Å². The molecule has 0 saturated carbocycles. The molecule has 0 aromatic heterocycles. The molecular weight excluding hydrogens is 140 g/mol. The molecule has 1 rings (SSSR count). The number of hydrogen-bond acceptors (Lipinski definition) is 2. The molecule has 0 fully saturated rings.